The molecule has 0 bridgehead atoms. The molecule has 6 nitrogen and oxygen atoms in total. The summed E-state index contributed by atoms with van der Waals surface area (Å²) in [6, 6.07) is 15.9. The molecule has 1 heterocycles. The highest BCUT2D eigenvalue weighted by molar-refractivity contribution is 5.43. The molecule has 1 aromatic heterocycles. The van der Waals surface area contributed by atoms with Gasteiger partial charge in [0.15, 0.2) is 0 Å². The fraction of sp³-hybridized carbons (Fsp3) is 0.444. The van der Waals surface area contributed by atoms with Crippen molar-refractivity contribution in [2.24, 2.45) is 0 Å². The molecule has 0 aliphatic rings. The van der Waals surface area contributed by atoms with E-state index in [0.717, 1.165) is 36.2 Å². The second-order valence-electron chi connectivity index (χ2n) is 8.41. The van der Waals surface area contributed by atoms with E-state index in [1.165, 1.54) is 12.1 Å². The lowest BCUT2D eigenvalue weighted by Crippen LogP contribution is -2.34. The molecular formula is C27H36FN3O3. The summed E-state index contributed by atoms with van der Waals surface area (Å²) in [4.78, 5) is 2.17. The molecule has 184 valence electrons. The summed E-state index contributed by atoms with van der Waals surface area (Å²) in [5.74, 6) is 0.604. The van der Waals surface area contributed by atoms with Gasteiger partial charge in [0.1, 0.15) is 11.6 Å². The van der Waals surface area contributed by atoms with Crippen LogP contribution in [0, 0.1) is 5.82 Å². The van der Waals surface area contributed by atoms with Crippen LogP contribution in [0.5, 0.6) is 11.6 Å². The zero-order chi connectivity index (χ0) is 24.3. The summed E-state index contributed by atoms with van der Waals surface area (Å²) in [6.07, 6.45) is 3.09. The van der Waals surface area contributed by atoms with Gasteiger partial charge < -0.3 is 14.6 Å². The predicted octanol–water partition coefficient (Wildman–Crippen LogP) is 5.37. The van der Waals surface area contributed by atoms with Gasteiger partial charge in [-0.1, -0.05) is 51.0 Å². The third-order valence-electron chi connectivity index (χ3n) is 5.72. The smallest absolute Gasteiger partial charge is 0.227 e. The summed E-state index contributed by atoms with van der Waals surface area (Å²) in [5, 5.41) is 15.5. The van der Waals surface area contributed by atoms with Crippen molar-refractivity contribution < 1.29 is 19.0 Å². The fourth-order valence-corrected chi connectivity index (χ4v) is 3.92. The van der Waals surface area contributed by atoms with Crippen LogP contribution >= 0.6 is 0 Å². The van der Waals surface area contributed by atoms with E-state index in [1.54, 1.807) is 23.9 Å². The van der Waals surface area contributed by atoms with Gasteiger partial charge in [-0.05, 0) is 37.1 Å². The fourth-order valence-electron chi connectivity index (χ4n) is 3.92. The molecular weight excluding hydrogens is 433 g/mol. The van der Waals surface area contributed by atoms with Gasteiger partial charge in [0.05, 0.1) is 29.7 Å². The van der Waals surface area contributed by atoms with Crippen molar-refractivity contribution in [2.75, 3.05) is 26.8 Å². The highest BCUT2D eigenvalue weighted by Crippen LogP contribution is 2.32. The average molecular weight is 470 g/mol. The van der Waals surface area contributed by atoms with E-state index in [-0.39, 0.29) is 5.82 Å². The second-order valence-corrected chi connectivity index (χ2v) is 8.41. The Balaban J connectivity index is 1.99. The number of para-hydroxylation sites is 1. The number of aliphatic hydroxyl groups excluding tert-OH is 1. The molecule has 0 radical (unpaired) electrons. The van der Waals surface area contributed by atoms with E-state index in [4.69, 9.17) is 14.6 Å². The molecule has 0 saturated heterocycles. The minimum absolute atomic E-state index is 0.360. The summed E-state index contributed by atoms with van der Waals surface area (Å²) >= 11 is 0. The lowest BCUT2D eigenvalue weighted by Gasteiger charge is -2.25. The van der Waals surface area contributed by atoms with Crippen LogP contribution in [-0.4, -0.2) is 52.7 Å². The van der Waals surface area contributed by atoms with Crippen molar-refractivity contribution in [2.45, 2.75) is 52.2 Å². The second kappa shape index (κ2) is 13.2. The SMILES string of the molecule is CCCCC(O)CN(CCOC)Cc1c(CC)nn(-c2ccccc2)c1Oc1cccc(F)c1. The van der Waals surface area contributed by atoms with Crippen molar-refractivity contribution in [3.8, 4) is 17.3 Å². The molecule has 2 aromatic carbocycles. The van der Waals surface area contributed by atoms with E-state index in [0.29, 0.717) is 44.3 Å². The number of hydrogen-bond acceptors (Lipinski definition) is 5. The summed E-state index contributed by atoms with van der Waals surface area (Å²) < 4.78 is 27.3. The topological polar surface area (TPSA) is 59.8 Å². The van der Waals surface area contributed by atoms with Crippen LogP contribution in [0.1, 0.15) is 44.4 Å². The lowest BCUT2D eigenvalue weighted by atomic mass is 10.1. The Morgan fingerprint density at radius 3 is 2.59 bits per heavy atom. The molecule has 0 saturated carbocycles. The number of aromatic nitrogens is 2. The third-order valence-corrected chi connectivity index (χ3v) is 5.72. The lowest BCUT2D eigenvalue weighted by molar-refractivity contribution is 0.0786. The minimum atomic E-state index is -0.418. The highest BCUT2D eigenvalue weighted by atomic mass is 19.1. The van der Waals surface area contributed by atoms with Gasteiger partial charge >= 0.3 is 0 Å². The van der Waals surface area contributed by atoms with Crippen molar-refractivity contribution in [3.63, 3.8) is 0 Å². The van der Waals surface area contributed by atoms with Crippen LogP contribution in [0.15, 0.2) is 54.6 Å². The molecule has 0 spiro atoms. The summed E-state index contributed by atoms with van der Waals surface area (Å²) in [5.41, 5.74) is 2.69. The Labute approximate surface area is 201 Å². The predicted molar refractivity (Wildman–Crippen MR) is 132 cm³/mol. The van der Waals surface area contributed by atoms with Crippen LogP contribution in [0.25, 0.3) is 5.69 Å². The zero-order valence-electron chi connectivity index (χ0n) is 20.4. The van der Waals surface area contributed by atoms with Gasteiger partial charge in [-0.25, -0.2) is 9.07 Å². The Bertz CT molecular complexity index is 1010. The average Bonchev–Trinajstić information content (AvgIpc) is 3.18. The minimum Gasteiger partial charge on any atom is -0.438 e. The zero-order valence-corrected chi connectivity index (χ0v) is 20.4. The molecule has 1 unspecified atom stereocenters. The monoisotopic (exact) mass is 469 g/mol. The van der Waals surface area contributed by atoms with Crippen LogP contribution in [0.4, 0.5) is 4.39 Å². The van der Waals surface area contributed by atoms with E-state index >= 15 is 0 Å². The van der Waals surface area contributed by atoms with Gasteiger partial charge in [0.2, 0.25) is 5.88 Å². The number of unbranched alkanes of at least 4 members (excludes halogenated alkanes) is 1. The van der Waals surface area contributed by atoms with Gasteiger partial charge in [-0.3, -0.25) is 4.90 Å². The summed E-state index contributed by atoms with van der Waals surface area (Å²) in [6.45, 7) is 6.46. The summed E-state index contributed by atoms with van der Waals surface area (Å²) in [7, 11) is 1.68. The van der Waals surface area contributed by atoms with Gasteiger partial charge in [-0.2, -0.15) is 5.10 Å². The first-order valence-corrected chi connectivity index (χ1v) is 12.0. The number of methoxy groups -OCH3 is 1. The maximum absolute atomic E-state index is 13.9. The molecule has 0 aliphatic heterocycles. The van der Waals surface area contributed by atoms with E-state index in [2.05, 4.69) is 18.7 Å². The number of aryl methyl sites for hydroxylation is 1. The quantitative estimate of drug-likeness (QED) is 0.344. The molecule has 7 heteroatoms. The standard InChI is InChI=1S/C27H36FN3O3/c1-4-6-14-23(32)19-30(16-17-33-3)20-25-26(5-2)29-31(22-12-8-7-9-13-22)27(25)34-24-15-10-11-21(28)18-24/h7-13,15,18,23,32H,4-6,14,16-17,19-20H2,1-3H3. The molecule has 34 heavy (non-hydrogen) atoms. The van der Waals surface area contributed by atoms with Crippen molar-refractivity contribution in [3.05, 3.63) is 71.7 Å². The number of hydrogen-bond donors (Lipinski definition) is 1. The van der Waals surface area contributed by atoms with E-state index < -0.39 is 6.10 Å². The van der Waals surface area contributed by atoms with Crippen molar-refractivity contribution in [1.29, 1.82) is 0 Å². The van der Waals surface area contributed by atoms with Crippen LogP contribution in [0.3, 0.4) is 0 Å². The first-order valence-electron chi connectivity index (χ1n) is 12.0. The van der Waals surface area contributed by atoms with Gasteiger partial charge in [0.25, 0.3) is 0 Å². The maximum Gasteiger partial charge on any atom is 0.227 e. The molecule has 0 amide bonds. The van der Waals surface area contributed by atoms with Gasteiger partial charge in [0, 0.05) is 32.8 Å². The number of benzene rings is 2. The molecule has 3 rings (SSSR count). The Morgan fingerprint density at radius 2 is 1.91 bits per heavy atom. The molecule has 1 atom stereocenters. The normalized spacial score (nSPS) is 12.3. The third kappa shape index (κ3) is 7.13. The van der Waals surface area contributed by atoms with Crippen molar-refractivity contribution >= 4 is 0 Å². The van der Waals surface area contributed by atoms with Crippen LogP contribution < -0.4 is 4.74 Å². The van der Waals surface area contributed by atoms with Crippen LogP contribution in [0.2, 0.25) is 0 Å². The number of nitrogens with zero attached hydrogens (tertiary/aromatic N) is 3. The largest absolute Gasteiger partial charge is 0.438 e. The molecule has 0 fully saturated rings. The van der Waals surface area contributed by atoms with Crippen molar-refractivity contribution in [1.82, 2.24) is 14.7 Å². The first-order chi connectivity index (χ1) is 16.5. The number of aliphatic hydroxyl groups is 1. The Kier molecular flexibility index (Phi) is 10.1. The number of ether oxygens (including phenoxy) is 2. The molecule has 3 aromatic rings. The highest BCUT2D eigenvalue weighted by Gasteiger charge is 2.23. The molecule has 1 N–H and O–H groups in total. The van der Waals surface area contributed by atoms with E-state index in [1.807, 2.05) is 30.3 Å². The number of rotatable bonds is 14. The Hall–Kier alpha value is -2.74. The molecule has 0 aliphatic carbocycles. The van der Waals surface area contributed by atoms with Gasteiger partial charge in [-0.15, -0.1) is 0 Å². The first kappa shape index (κ1) is 25.9. The van der Waals surface area contributed by atoms with E-state index in [9.17, 15) is 9.50 Å². The maximum atomic E-state index is 13.9. The van der Waals surface area contributed by atoms with Crippen LogP contribution in [-0.2, 0) is 17.7 Å². The Morgan fingerprint density at radius 1 is 1.12 bits per heavy atom. The number of halogens is 1.